The highest BCUT2D eigenvalue weighted by molar-refractivity contribution is 7.26. The van der Waals surface area contributed by atoms with E-state index in [-0.39, 0.29) is 0 Å². The number of urea groups is 1. The number of carbonyl (C=O) groups excluding carboxylic acids is 1. The van der Waals surface area contributed by atoms with Crippen LogP contribution in [0.3, 0.4) is 0 Å². The molecule has 1 heterocycles. The summed E-state index contributed by atoms with van der Waals surface area (Å²) in [6, 6.07) is 18.2. The number of hydrogen-bond acceptors (Lipinski definition) is 3. The van der Waals surface area contributed by atoms with E-state index in [2.05, 4.69) is 53.0 Å². The van der Waals surface area contributed by atoms with Crippen molar-refractivity contribution in [3.63, 3.8) is 0 Å². The van der Waals surface area contributed by atoms with Crippen LogP contribution in [-0.2, 0) is 0 Å². The second-order valence-corrected chi connectivity index (χ2v) is 6.67. The van der Waals surface area contributed by atoms with Gasteiger partial charge in [-0.15, -0.1) is 11.3 Å². The molecule has 5 heteroatoms. The average Bonchev–Trinajstić information content (AvgIpc) is 2.98. The van der Waals surface area contributed by atoms with Crippen molar-refractivity contribution in [2.45, 2.75) is 6.92 Å². The van der Waals surface area contributed by atoms with Gasteiger partial charge in [0.25, 0.3) is 0 Å². The van der Waals surface area contributed by atoms with Crippen LogP contribution >= 0.6 is 11.3 Å². The molecule has 3 aromatic carbocycles. The molecule has 0 saturated carbocycles. The van der Waals surface area contributed by atoms with E-state index in [4.69, 9.17) is 5.73 Å². The largest absolute Gasteiger partial charge is 0.350 e. The monoisotopic (exact) mass is 333 g/mol. The average molecular weight is 333 g/mol. The molecule has 0 unspecified atom stereocenters. The molecule has 0 bridgehead atoms. The van der Waals surface area contributed by atoms with E-state index in [0.29, 0.717) is 0 Å². The van der Waals surface area contributed by atoms with Crippen LogP contribution in [0.15, 0.2) is 59.7 Å². The predicted octanol–water partition coefficient (Wildman–Crippen LogP) is 4.60. The van der Waals surface area contributed by atoms with Crippen LogP contribution in [0.4, 0.5) is 4.79 Å². The minimum absolute atomic E-state index is 0.666. The molecule has 2 amide bonds. The van der Waals surface area contributed by atoms with E-state index in [9.17, 15) is 4.79 Å². The minimum atomic E-state index is -0.666. The lowest BCUT2D eigenvalue weighted by atomic mass is 9.98. The number of fused-ring (bicyclic) bond motifs is 5. The molecule has 0 aliphatic heterocycles. The Morgan fingerprint density at radius 3 is 2.42 bits per heavy atom. The number of nitrogens with zero attached hydrogens (tertiary/aromatic N) is 1. The summed E-state index contributed by atoms with van der Waals surface area (Å²) in [6.07, 6.45) is 0. The summed E-state index contributed by atoms with van der Waals surface area (Å²) in [7, 11) is 0. The van der Waals surface area contributed by atoms with Crippen LogP contribution in [0.5, 0.6) is 0 Å². The molecule has 4 aromatic rings. The number of benzene rings is 3. The van der Waals surface area contributed by atoms with E-state index in [1.165, 1.54) is 25.6 Å². The molecule has 0 radical (unpaired) electrons. The van der Waals surface area contributed by atoms with Crippen molar-refractivity contribution in [1.82, 2.24) is 5.43 Å². The van der Waals surface area contributed by atoms with E-state index >= 15 is 0 Å². The fourth-order valence-corrected chi connectivity index (χ4v) is 4.27. The number of primary amides is 1. The first-order chi connectivity index (χ1) is 11.6. The summed E-state index contributed by atoms with van der Waals surface area (Å²) in [4.78, 5) is 11.0. The van der Waals surface area contributed by atoms with Gasteiger partial charge in [0.05, 0.1) is 5.71 Å². The van der Waals surface area contributed by atoms with Gasteiger partial charge in [-0.05, 0) is 24.4 Å². The number of hydrogen-bond donors (Lipinski definition) is 2. The third kappa shape index (κ3) is 2.30. The zero-order valence-electron chi connectivity index (χ0n) is 13.0. The van der Waals surface area contributed by atoms with Crippen molar-refractivity contribution in [3.8, 4) is 0 Å². The molecule has 4 nitrogen and oxygen atoms in total. The fourth-order valence-electron chi connectivity index (χ4n) is 3.05. The minimum Gasteiger partial charge on any atom is -0.350 e. The van der Waals surface area contributed by atoms with Crippen LogP contribution in [-0.4, -0.2) is 11.7 Å². The van der Waals surface area contributed by atoms with Gasteiger partial charge in [0.2, 0.25) is 0 Å². The van der Waals surface area contributed by atoms with Gasteiger partial charge in [-0.1, -0.05) is 42.5 Å². The Bertz CT molecular complexity index is 1130. The number of nitrogens with one attached hydrogen (secondary N) is 1. The van der Waals surface area contributed by atoms with Crippen LogP contribution in [0, 0.1) is 0 Å². The van der Waals surface area contributed by atoms with Crippen LogP contribution in [0.25, 0.3) is 30.9 Å². The molecule has 0 atom stereocenters. The molecule has 4 rings (SSSR count). The third-order valence-corrected chi connectivity index (χ3v) is 5.33. The van der Waals surface area contributed by atoms with Crippen molar-refractivity contribution in [1.29, 1.82) is 0 Å². The highest BCUT2D eigenvalue weighted by Crippen LogP contribution is 2.39. The molecule has 0 aliphatic carbocycles. The fraction of sp³-hybridized carbons (Fsp3) is 0.0526. The van der Waals surface area contributed by atoms with Crippen LogP contribution in [0.2, 0.25) is 0 Å². The third-order valence-electron chi connectivity index (χ3n) is 4.11. The maximum atomic E-state index is 11.0. The Morgan fingerprint density at radius 2 is 1.67 bits per heavy atom. The Morgan fingerprint density at radius 1 is 1.00 bits per heavy atom. The van der Waals surface area contributed by atoms with Crippen LogP contribution < -0.4 is 11.2 Å². The lowest BCUT2D eigenvalue weighted by molar-refractivity contribution is 0.249. The van der Waals surface area contributed by atoms with Gasteiger partial charge in [0.1, 0.15) is 0 Å². The Hall–Kier alpha value is -2.92. The first-order valence-corrected chi connectivity index (χ1v) is 8.40. The highest BCUT2D eigenvalue weighted by atomic mass is 32.1. The number of rotatable bonds is 2. The summed E-state index contributed by atoms with van der Waals surface area (Å²) in [5.41, 5.74) is 9.16. The topological polar surface area (TPSA) is 67.5 Å². The lowest BCUT2D eigenvalue weighted by Gasteiger charge is -2.08. The molecule has 3 N–H and O–H groups in total. The lowest BCUT2D eigenvalue weighted by Crippen LogP contribution is -2.25. The molecule has 24 heavy (non-hydrogen) atoms. The van der Waals surface area contributed by atoms with Crippen molar-refractivity contribution in [2.24, 2.45) is 10.8 Å². The molecule has 0 aliphatic rings. The van der Waals surface area contributed by atoms with Crippen molar-refractivity contribution in [2.75, 3.05) is 0 Å². The zero-order valence-corrected chi connectivity index (χ0v) is 13.9. The summed E-state index contributed by atoms with van der Waals surface area (Å²) in [6.45, 7) is 1.87. The quantitative estimate of drug-likeness (QED) is 0.408. The SMILES string of the molecule is C/C(=N/NC(N)=O)c1cc2c3ccccc3sc2c2ccccc12. The van der Waals surface area contributed by atoms with Gasteiger partial charge in [-0.25, -0.2) is 10.2 Å². The predicted molar refractivity (Wildman–Crippen MR) is 102 cm³/mol. The zero-order chi connectivity index (χ0) is 16.7. The van der Waals surface area contributed by atoms with E-state index < -0.39 is 6.03 Å². The molecular formula is C19H15N3OS. The maximum Gasteiger partial charge on any atom is 0.332 e. The Balaban J connectivity index is 2.09. The normalized spacial score (nSPS) is 12.1. The number of thiophene rings is 1. The van der Waals surface area contributed by atoms with Gasteiger partial charge < -0.3 is 5.73 Å². The molecule has 118 valence electrons. The first kappa shape index (κ1) is 14.7. The van der Waals surface area contributed by atoms with Crippen molar-refractivity contribution >= 4 is 54.0 Å². The van der Waals surface area contributed by atoms with Gasteiger partial charge in [-0.2, -0.15) is 5.10 Å². The highest BCUT2D eigenvalue weighted by Gasteiger charge is 2.13. The number of amides is 2. The standard InChI is InChI=1S/C19H15N3OS/c1-11(21-22-19(20)23)15-10-16-13-7-4-5-9-17(13)24-18(16)14-8-3-2-6-12(14)15/h2-10H,1H3,(H3,20,22,23)/b21-11-. The second-order valence-electron chi connectivity index (χ2n) is 5.62. The van der Waals surface area contributed by atoms with E-state index in [1.807, 2.05) is 19.1 Å². The summed E-state index contributed by atoms with van der Waals surface area (Å²) in [5.74, 6) is 0. The second kappa shape index (κ2) is 5.62. The smallest absolute Gasteiger partial charge is 0.332 e. The first-order valence-electron chi connectivity index (χ1n) is 7.58. The van der Waals surface area contributed by atoms with Crippen molar-refractivity contribution < 1.29 is 4.79 Å². The van der Waals surface area contributed by atoms with Gasteiger partial charge in [0.15, 0.2) is 0 Å². The molecule has 0 fully saturated rings. The molecular weight excluding hydrogens is 318 g/mol. The summed E-state index contributed by atoms with van der Waals surface area (Å²) >= 11 is 1.80. The van der Waals surface area contributed by atoms with Crippen LogP contribution in [0.1, 0.15) is 12.5 Å². The van der Waals surface area contributed by atoms with Gasteiger partial charge >= 0.3 is 6.03 Å². The van der Waals surface area contributed by atoms with Gasteiger partial charge in [-0.3, -0.25) is 0 Å². The van der Waals surface area contributed by atoms with E-state index in [1.54, 1.807) is 11.3 Å². The number of carbonyl (C=O) groups is 1. The number of hydrazone groups is 1. The summed E-state index contributed by atoms with van der Waals surface area (Å²) < 4.78 is 2.53. The molecule has 1 aromatic heterocycles. The Kier molecular flexibility index (Phi) is 3.43. The summed E-state index contributed by atoms with van der Waals surface area (Å²) in [5, 5.41) is 8.86. The Labute approximate surface area is 142 Å². The maximum absolute atomic E-state index is 11.0. The van der Waals surface area contributed by atoms with E-state index in [0.717, 1.165) is 16.7 Å². The van der Waals surface area contributed by atoms with Gasteiger partial charge in [0, 0.05) is 31.1 Å². The molecule has 0 saturated heterocycles. The molecule has 0 spiro atoms. The number of nitrogens with two attached hydrogens (primary N) is 1. The van der Waals surface area contributed by atoms with Crippen molar-refractivity contribution in [3.05, 3.63) is 60.2 Å².